The zero-order chi connectivity index (χ0) is 13.2. The van der Waals surface area contributed by atoms with Gasteiger partial charge in [-0.1, -0.05) is 6.07 Å². The van der Waals surface area contributed by atoms with E-state index in [0.717, 1.165) is 5.52 Å². The van der Waals surface area contributed by atoms with E-state index in [2.05, 4.69) is 25.5 Å². The van der Waals surface area contributed by atoms with E-state index in [0.29, 0.717) is 11.2 Å². The quantitative estimate of drug-likeness (QED) is 0.627. The van der Waals surface area contributed by atoms with Gasteiger partial charge in [-0.25, -0.2) is 4.98 Å². The van der Waals surface area contributed by atoms with Crippen LogP contribution in [-0.2, 0) is 11.3 Å². The lowest BCUT2D eigenvalue weighted by Gasteiger charge is -2.05. The van der Waals surface area contributed by atoms with Crippen LogP contribution in [-0.4, -0.2) is 30.9 Å². The summed E-state index contributed by atoms with van der Waals surface area (Å²) < 4.78 is 0. The number of benzene rings is 1. The molecule has 19 heavy (non-hydrogen) atoms. The molecule has 0 radical (unpaired) electrons. The molecule has 96 valence electrons. The third-order valence-electron chi connectivity index (χ3n) is 2.56. The predicted octanol–water partition coefficient (Wildman–Crippen LogP) is 0.375. The number of fused-ring (bicyclic) bond motifs is 1. The van der Waals surface area contributed by atoms with Gasteiger partial charge >= 0.3 is 0 Å². The minimum absolute atomic E-state index is 0.00197. The Bertz CT molecular complexity index is 729. The van der Waals surface area contributed by atoms with Crippen molar-refractivity contribution in [2.24, 2.45) is 0 Å². The second-order valence-electron chi connectivity index (χ2n) is 3.95. The van der Waals surface area contributed by atoms with Crippen molar-refractivity contribution < 1.29 is 4.79 Å². The Balaban J connectivity index is 1.77. The second-order valence-corrected chi connectivity index (χ2v) is 3.95. The largest absolute Gasteiger partial charge is 0.381 e. The molecule has 0 saturated carbocycles. The highest BCUT2D eigenvalue weighted by atomic mass is 16.2. The number of carbonyl (C=O) groups excluding carboxylic acids is 1. The minimum Gasteiger partial charge on any atom is -0.381 e. The van der Waals surface area contributed by atoms with Crippen molar-refractivity contribution in [2.45, 2.75) is 6.54 Å². The summed E-state index contributed by atoms with van der Waals surface area (Å²) in [7, 11) is 0. The average molecular weight is 257 g/mol. The van der Waals surface area contributed by atoms with Crippen LogP contribution in [0.2, 0.25) is 0 Å². The number of nitrogens with two attached hydrogens (primary N) is 1. The number of aromatic nitrogens is 5. The van der Waals surface area contributed by atoms with Crippen molar-refractivity contribution >= 4 is 28.4 Å². The van der Waals surface area contributed by atoms with Gasteiger partial charge in [0.05, 0.1) is 23.7 Å². The zero-order valence-corrected chi connectivity index (χ0v) is 9.87. The summed E-state index contributed by atoms with van der Waals surface area (Å²) in [6, 6.07) is 5.50. The predicted molar refractivity (Wildman–Crippen MR) is 69.2 cm³/mol. The van der Waals surface area contributed by atoms with E-state index in [1.807, 2.05) is 12.1 Å². The van der Waals surface area contributed by atoms with Crippen LogP contribution >= 0.6 is 0 Å². The molecule has 0 aliphatic carbocycles. The van der Waals surface area contributed by atoms with Crippen LogP contribution in [0.4, 0.5) is 11.5 Å². The lowest BCUT2D eigenvalue weighted by atomic mass is 10.2. The first-order valence-corrected chi connectivity index (χ1v) is 5.60. The molecule has 4 N–H and O–H groups in total. The highest BCUT2D eigenvalue weighted by Crippen LogP contribution is 2.19. The van der Waals surface area contributed by atoms with Crippen molar-refractivity contribution in [3.63, 3.8) is 0 Å². The van der Waals surface area contributed by atoms with Gasteiger partial charge in [-0.15, -0.1) is 5.10 Å². The molecule has 0 fully saturated rings. The molecule has 8 nitrogen and oxygen atoms in total. The molecule has 8 heteroatoms. The van der Waals surface area contributed by atoms with E-state index in [-0.39, 0.29) is 18.3 Å². The van der Waals surface area contributed by atoms with Gasteiger partial charge in [0.15, 0.2) is 5.82 Å². The number of nitrogens with one attached hydrogen (secondary N) is 2. The van der Waals surface area contributed by atoms with Crippen molar-refractivity contribution in [3.8, 4) is 0 Å². The fraction of sp³-hybridized carbons (Fsp3) is 0.0909. The van der Waals surface area contributed by atoms with Gasteiger partial charge in [0.1, 0.15) is 12.1 Å². The van der Waals surface area contributed by atoms with Gasteiger partial charge in [0.25, 0.3) is 0 Å². The lowest BCUT2D eigenvalue weighted by molar-refractivity contribution is -0.117. The van der Waals surface area contributed by atoms with E-state index in [9.17, 15) is 4.79 Å². The fourth-order valence-electron chi connectivity index (χ4n) is 1.77. The van der Waals surface area contributed by atoms with Gasteiger partial charge in [-0.3, -0.25) is 4.79 Å². The molecule has 0 bridgehead atoms. The zero-order valence-electron chi connectivity index (χ0n) is 9.87. The number of hydrogen-bond donors (Lipinski definition) is 3. The molecule has 0 aliphatic rings. The van der Waals surface area contributed by atoms with Crippen LogP contribution in [0.15, 0.2) is 30.7 Å². The summed E-state index contributed by atoms with van der Waals surface area (Å²) in [6.45, 7) is -0.00197. The van der Waals surface area contributed by atoms with Crippen LogP contribution < -0.4 is 11.1 Å². The van der Waals surface area contributed by atoms with E-state index in [4.69, 9.17) is 5.73 Å². The summed E-state index contributed by atoms with van der Waals surface area (Å²) in [5, 5.41) is 10.5. The summed E-state index contributed by atoms with van der Waals surface area (Å²) in [4.78, 5) is 20.2. The van der Waals surface area contributed by atoms with Crippen molar-refractivity contribution in [3.05, 3.63) is 30.7 Å². The molecule has 1 aromatic carbocycles. The standard InChI is InChI=1S/C11H11N7O/c12-9-4-15-18(17-9)5-10(19)16-8-3-1-2-7-11(8)14-6-13-7/h1-4,6H,5H2,(H2,12,17)(H,13,14)(H,16,19). The Hall–Kier alpha value is -2.90. The maximum Gasteiger partial charge on any atom is 0.248 e. The van der Waals surface area contributed by atoms with E-state index in [1.54, 1.807) is 12.4 Å². The molecular weight excluding hydrogens is 246 g/mol. The maximum absolute atomic E-state index is 11.9. The van der Waals surface area contributed by atoms with Crippen molar-refractivity contribution in [1.82, 2.24) is 25.0 Å². The summed E-state index contributed by atoms with van der Waals surface area (Å²) in [5.41, 5.74) is 7.64. The number of nitrogens with zero attached hydrogens (tertiary/aromatic N) is 4. The third-order valence-corrected chi connectivity index (χ3v) is 2.56. The monoisotopic (exact) mass is 257 g/mol. The summed E-state index contributed by atoms with van der Waals surface area (Å²) >= 11 is 0. The van der Waals surface area contributed by atoms with Crippen molar-refractivity contribution in [1.29, 1.82) is 0 Å². The van der Waals surface area contributed by atoms with Crippen molar-refractivity contribution in [2.75, 3.05) is 11.1 Å². The first-order valence-electron chi connectivity index (χ1n) is 5.60. The number of rotatable bonds is 3. The third kappa shape index (κ3) is 2.23. The molecule has 3 rings (SSSR count). The number of imidazole rings is 1. The second kappa shape index (κ2) is 4.41. The molecule has 2 aromatic heterocycles. The topological polar surface area (TPSA) is 115 Å². The van der Waals surface area contributed by atoms with Crippen LogP contribution in [0, 0.1) is 0 Å². The average Bonchev–Trinajstić information content (AvgIpc) is 2.98. The molecule has 0 atom stereocenters. The number of H-pyrrole nitrogens is 1. The number of nitrogen functional groups attached to an aromatic ring is 1. The molecule has 2 heterocycles. The maximum atomic E-state index is 11.9. The van der Waals surface area contributed by atoms with Crippen LogP contribution in [0.5, 0.6) is 0 Å². The van der Waals surface area contributed by atoms with Gasteiger partial charge in [-0.05, 0) is 12.1 Å². The highest BCUT2D eigenvalue weighted by Gasteiger charge is 2.09. The Morgan fingerprint density at radius 1 is 1.47 bits per heavy atom. The lowest BCUT2D eigenvalue weighted by Crippen LogP contribution is -2.20. The molecule has 0 unspecified atom stereocenters. The summed E-state index contributed by atoms with van der Waals surface area (Å²) in [6.07, 6.45) is 2.97. The molecule has 1 amide bonds. The number of hydrogen-bond acceptors (Lipinski definition) is 5. The number of amides is 1. The number of para-hydroxylation sites is 1. The SMILES string of the molecule is Nc1cnn(CC(=O)Nc2cccc3[nH]cnc23)n1. The molecule has 0 saturated heterocycles. The van der Waals surface area contributed by atoms with Crippen LogP contribution in [0.3, 0.4) is 0 Å². The number of anilines is 2. The minimum atomic E-state index is -0.244. The molecule has 0 spiro atoms. The van der Waals surface area contributed by atoms with Gasteiger partial charge in [0, 0.05) is 0 Å². The Kier molecular flexibility index (Phi) is 2.60. The normalized spacial score (nSPS) is 10.7. The van der Waals surface area contributed by atoms with Gasteiger partial charge in [-0.2, -0.15) is 9.90 Å². The number of carbonyl (C=O) groups is 1. The van der Waals surface area contributed by atoms with E-state index in [1.165, 1.54) is 11.0 Å². The molecule has 3 aromatic rings. The van der Waals surface area contributed by atoms with E-state index < -0.39 is 0 Å². The van der Waals surface area contributed by atoms with E-state index >= 15 is 0 Å². The Morgan fingerprint density at radius 2 is 2.37 bits per heavy atom. The Morgan fingerprint density at radius 3 is 3.16 bits per heavy atom. The van der Waals surface area contributed by atoms with Gasteiger partial charge < -0.3 is 16.0 Å². The molecular formula is C11H11N7O. The van der Waals surface area contributed by atoms with Gasteiger partial charge in [0.2, 0.25) is 5.91 Å². The smallest absolute Gasteiger partial charge is 0.248 e. The first kappa shape index (κ1) is 11.2. The summed E-state index contributed by atoms with van der Waals surface area (Å²) in [5.74, 6) is 0.0355. The van der Waals surface area contributed by atoms with Crippen LogP contribution in [0.1, 0.15) is 0 Å². The Labute approximate surface area is 107 Å². The van der Waals surface area contributed by atoms with Crippen LogP contribution in [0.25, 0.3) is 11.0 Å². The first-order chi connectivity index (χ1) is 9.22. The fourth-order valence-corrected chi connectivity index (χ4v) is 1.77. The molecule has 0 aliphatic heterocycles. The highest BCUT2D eigenvalue weighted by molar-refractivity contribution is 5.99. The number of aromatic amines is 1.